The van der Waals surface area contributed by atoms with Gasteiger partial charge in [0.05, 0.1) is 0 Å². The molecule has 0 N–H and O–H groups in total. The van der Waals surface area contributed by atoms with Crippen LogP contribution in [0.4, 0.5) is 0 Å². The van der Waals surface area contributed by atoms with Gasteiger partial charge in [-0.25, -0.2) is 0 Å². The predicted octanol–water partition coefficient (Wildman–Crippen LogP) is 12.4. The van der Waals surface area contributed by atoms with Gasteiger partial charge in [0.2, 0.25) is 0 Å². The van der Waals surface area contributed by atoms with E-state index < -0.39 is 0 Å². The molecule has 0 amide bonds. The van der Waals surface area contributed by atoms with Gasteiger partial charge in [0.15, 0.2) is 0 Å². The molecule has 0 spiro atoms. The molecule has 0 atom stereocenters. The van der Waals surface area contributed by atoms with Gasteiger partial charge in [-0.2, -0.15) is 0 Å². The molecule has 1 heteroatoms. The smallest absolute Gasteiger partial charge is 0.0353 e. The summed E-state index contributed by atoms with van der Waals surface area (Å²) >= 11 is 0. The number of hydrogen-bond acceptors (Lipinski definition) is 1. The van der Waals surface area contributed by atoms with Gasteiger partial charge < -0.3 is 0 Å². The van der Waals surface area contributed by atoms with E-state index in [1.807, 2.05) is 12.4 Å². The molecule has 1 nitrogen and oxygen atoms in total. The van der Waals surface area contributed by atoms with Crippen molar-refractivity contribution in [2.75, 3.05) is 0 Å². The van der Waals surface area contributed by atoms with E-state index in [4.69, 9.17) is 0 Å². The van der Waals surface area contributed by atoms with E-state index in [0.717, 1.165) is 5.39 Å². The van der Waals surface area contributed by atoms with Crippen molar-refractivity contribution >= 4 is 43.1 Å². The third-order valence-corrected chi connectivity index (χ3v) is 9.34. The molecular weight excluding hydrogens is 555 g/mol. The molecule has 0 unspecified atom stereocenters. The van der Waals surface area contributed by atoms with Crippen molar-refractivity contribution in [1.82, 2.24) is 4.98 Å². The molecule has 214 valence electrons. The van der Waals surface area contributed by atoms with Crippen molar-refractivity contribution in [2.45, 2.75) is 0 Å². The summed E-state index contributed by atoms with van der Waals surface area (Å²) in [6, 6.07) is 59.5. The Morgan fingerprint density at radius 3 is 1.80 bits per heavy atom. The third kappa shape index (κ3) is 4.37. The molecule has 0 saturated carbocycles. The zero-order chi connectivity index (χ0) is 30.5. The van der Waals surface area contributed by atoms with Crippen LogP contribution in [0.3, 0.4) is 0 Å². The first kappa shape index (κ1) is 26.4. The maximum atomic E-state index is 4.66. The van der Waals surface area contributed by atoms with Gasteiger partial charge in [-0.1, -0.05) is 146 Å². The second-order valence-corrected chi connectivity index (χ2v) is 12.0. The standard InChI is InChI=1S/C45H29N/c1-2-9-30(10-3-1)32-17-20-34(21-18-32)44-41-25-26-46-29-43(41)45(37-22-19-31-11-4-5-13-35(31)27-37)40-24-23-36(28-42(40)44)39-16-8-14-33-12-6-7-15-38(33)39/h1-29H. The molecule has 1 heterocycles. The summed E-state index contributed by atoms with van der Waals surface area (Å²) in [5.74, 6) is 0. The lowest BCUT2D eigenvalue weighted by molar-refractivity contribution is 1.37. The molecule has 0 fully saturated rings. The molecule has 0 aliphatic carbocycles. The van der Waals surface area contributed by atoms with E-state index in [-0.39, 0.29) is 0 Å². The van der Waals surface area contributed by atoms with Crippen LogP contribution in [0, 0.1) is 0 Å². The normalized spacial score (nSPS) is 11.5. The van der Waals surface area contributed by atoms with E-state index in [2.05, 4.69) is 169 Å². The van der Waals surface area contributed by atoms with Crippen molar-refractivity contribution < 1.29 is 0 Å². The molecule has 46 heavy (non-hydrogen) atoms. The number of fused-ring (bicyclic) bond motifs is 4. The SMILES string of the molecule is c1ccc(-c2ccc(-c3c4ccncc4c(-c4ccc5ccccc5c4)c4ccc(-c5cccc6ccccc56)cc34)cc2)cc1. The fourth-order valence-corrected chi connectivity index (χ4v) is 7.14. The molecule has 0 radical (unpaired) electrons. The zero-order valence-corrected chi connectivity index (χ0v) is 25.2. The Hall–Kier alpha value is -6.05. The second kappa shape index (κ2) is 10.8. The number of hydrogen-bond donors (Lipinski definition) is 0. The molecule has 0 aliphatic rings. The summed E-state index contributed by atoms with van der Waals surface area (Å²) < 4.78 is 0. The van der Waals surface area contributed by atoms with Gasteiger partial charge in [-0.3, -0.25) is 4.98 Å². The predicted molar refractivity (Wildman–Crippen MR) is 196 cm³/mol. The quantitative estimate of drug-likeness (QED) is 0.188. The van der Waals surface area contributed by atoms with Crippen molar-refractivity contribution in [3.05, 3.63) is 176 Å². The van der Waals surface area contributed by atoms with E-state index in [0.29, 0.717) is 0 Å². The summed E-state index contributed by atoms with van der Waals surface area (Å²) in [5.41, 5.74) is 9.74. The van der Waals surface area contributed by atoms with Crippen molar-refractivity contribution in [1.29, 1.82) is 0 Å². The van der Waals surface area contributed by atoms with Gasteiger partial charge >= 0.3 is 0 Å². The summed E-state index contributed by atoms with van der Waals surface area (Å²) in [7, 11) is 0. The minimum atomic E-state index is 1.16. The number of rotatable bonds is 4. The Morgan fingerprint density at radius 1 is 0.304 bits per heavy atom. The third-order valence-electron chi connectivity index (χ3n) is 9.34. The molecule has 9 rings (SSSR count). The number of aromatic nitrogens is 1. The van der Waals surface area contributed by atoms with Gasteiger partial charge in [-0.15, -0.1) is 0 Å². The molecule has 0 aliphatic heterocycles. The Labute approximate surface area is 268 Å². The molecule has 8 aromatic carbocycles. The minimum Gasteiger partial charge on any atom is -0.264 e. The minimum absolute atomic E-state index is 1.16. The van der Waals surface area contributed by atoms with Crippen LogP contribution in [0.2, 0.25) is 0 Å². The van der Waals surface area contributed by atoms with Gasteiger partial charge in [0.25, 0.3) is 0 Å². The first-order valence-corrected chi connectivity index (χ1v) is 15.8. The van der Waals surface area contributed by atoms with E-state index in [9.17, 15) is 0 Å². The van der Waals surface area contributed by atoms with Gasteiger partial charge in [0.1, 0.15) is 0 Å². The number of pyridine rings is 1. The highest BCUT2D eigenvalue weighted by Gasteiger charge is 2.18. The summed E-state index contributed by atoms with van der Waals surface area (Å²) in [5, 5.41) is 9.81. The van der Waals surface area contributed by atoms with Gasteiger partial charge in [0, 0.05) is 17.8 Å². The van der Waals surface area contributed by atoms with Crippen molar-refractivity contribution in [3.63, 3.8) is 0 Å². The summed E-state index contributed by atoms with van der Waals surface area (Å²) in [4.78, 5) is 4.66. The molecule has 0 bridgehead atoms. The maximum Gasteiger partial charge on any atom is 0.0353 e. The highest BCUT2D eigenvalue weighted by atomic mass is 14.6. The Kier molecular flexibility index (Phi) is 6.21. The maximum absolute atomic E-state index is 4.66. The topological polar surface area (TPSA) is 12.9 Å². The average molecular weight is 584 g/mol. The average Bonchev–Trinajstić information content (AvgIpc) is 3.13. The van der Waals surface area contributed by atoms with Crippen molar-refractivity contribution in [2.24, 2.45) is 0 Å². The first-order valence-electron chi connectivity index (χ1n) is 15.8. The van der Waals surface area contributed by atoms with Crippen molar-refractivity contribution in [3.8, 4) is 44.5 Å². The van der Waals surface area contributed by atoms with Crippen LogP contribution < -0.4 is 0 Å². The Bertz CT molecular complexity index is 2560. The summed E-state index contributed by atoms with van der Waals surface area (Å²) in [6.07, 6.45) is 3.97. The zero-order valence-electron chi connectivity index (χ0n) is 25.2. The van der Waals surface area contributed by atoms with E-state index in [1.165, 1.54) is 82.2 Å². The molecule has 1 aromatic heterocycles. The lowest BCUT2D eigenvalue weighted by atomic mass is 9.84. The second-order valence-electron chi connectivity index (χ2n) is 12.0. The molecule has 9 aromatic rings. The van der Waals surface area contributed by atoms with Crippen LogP contribution in [0.15, 0.2) is 176 Å². The first-order chi connectivity index (χ1) is 22.8. The molecule has 0 saturated heterocycles. The fourth-order valence-electron chi connectivity index (χ4n) is 7.14. The summed E-state index contributed by atoms with van der Waals surface area (Å²) in [6.45, 7) is 0. The largest absolute Gasteiger partial charge is 0.264 e. The van der Waals surface area contributed by atoms with E-state index in [1.54, 1.807) is 0 Å². The molecular formula is C45H29N. The number of nitrogens with zero attached hydrogens (tertiary/aromatic N) is 1. The van der Waals surface area contributed by atoms with Crippen LogP contribution in [0.25, 0.3) is 87.6 Å². The van der Waals surface area contributed by atoms with E-state index >= 15 is 0 Å². The highest BCUT2D eigenvalue weighted by Crippen LogP contribution is 2.45. The lowest BCUT2D eigenvalue weighted by Gasteiger charge is -2.19. The van der Waals surface area contributed by atoms with Crippen LogP contribution in [-0.2, 0) is 0 Å². The number of benzene rings is 8. The van der Waals surface area contributed by atoms with Crippen LogP contribution in [0.5, 0.6) is 0 Å². The monoisotopic (exact) mass is 583 g/mol. The fraction of sp³-hybridized carbons (Fsp3) is 0. The Balaban J connectivity index is 1.36. The van der Waals surface area contributed by atoms with Crippen LogP contribution in [0.1, 0.15) is 0 Å². The highest BCUT2D eigenvalue weighted by molar-refractivity contribution is 6.22. The lowest BCUT2D eigenvalue weighted by Crippen LogP contribution is -1.93. The van der Waals surface area contributed by atoms with Crippen LogP contribution in [-0.4, -0.2) is 4.98 Å². The van der Waals surface area contributed by atoms with Gasteiger partial charge in [-0.05, 0) is 100 Å². The van der Waals surface area contributed by atoms with Crippen LogP contribution >= 0.6 is 0 Å². The Morgan fingerprint density at radius 2 is 0.935 bits per heavy atom.